The third-order valence-corrected chi connectivity index (χ3v) is 6.13. The molecule has 0 aromatic heterocycles. The summed E-state index contributed by atoms with van der Waals surface area (Å²) in [5.74, 6) is 0.386. The number of imide groups is 1. The Labute approximate surface area is 188 Å². The zero-order valence-corrected chi connectivity index (χ0v) is 19.1. The van der Waals surface area contributed by atoms with E-state index in [1.807, 2.05) is 31.2 Å². The number of amides is 2. The van der Waals surface area contributed by atoms with Crippen LogP contribution < -0.4 is 14.4 Å². The highest BCUT2D eigenvalue weighted by atomic mass is 16.5. The van der Waals surface area contributed by atoms with Gasteiger partial charge in [-0.05, 0) is 19.0 Å². The molecule has 32 heavy (non-hydrogen) atoms. The molecular weight excluding hydrogens is 406 g/mol. The van der Waals surface area contributed by atoms with Crippen molar-refractivity contribution in [2.24, 2.45) is 0 Å². The first kappa shape index (κ1) is 21.9. The van der Waals surface area contributed by atoms with Gasteiger partial charge in [0.15, 0.2) is 0 Å². The Morgan fingerprint density at radius 2 is 1.44 bits per heavy atom. The Bertz CT molecular complexity index is 1030. The first-order valence-corrected chi connectivity index (χ1v) is 10.9. The fourth-order valence-electron chi connectivity index (χ4n) is 4.24. The molecule has 0 N–H and O–H groups in total. The number of hydrogen-bond acceptors (Lipinski definition) is 6. The molecule has 2 aliphatic rings. The number of piperazine rings is 1. The van der Waals surface area contributed by atoms with Gasteiger partial charge in [-0.1, -0.05) is 36.8 Å². The molecule has 168 valence electrons. The van der Waals surface area contributed by atoms with Gasteiger partial charge in [0.05, 0.1) is 25.5 Å². The maximum absolute atomic E-state index is 13.7. The van der Waals surface area contributed by atoms with Crippen molar-refractivity contribution in [2.45, 2.75) is 13.8 Å². The van der Waals surface area contributed by atoms with Gasteiger partial charge in [0.1, 0.15) is 17.2 Å². The molecule has 0 radical (unpaired) electrons. The lowest BCUT2D eigenvalue weighted by Crippen LogP contribution is -2.47. The van der Waals surface area contributed by atoms with Gasteiger partial charge in [0.25, 0.3) is 11.8 Å². The summed E-state index contributed by atoms with van der Waals surface area (Å²) in [6, 6.07) is 12.8. The fraction of sp³-hybridized carbons (Fsp3) is 0.360. The molecule has 0 unspecified atom stereocenters. The van der Waals surface area contributed by atoms with Crippen molar-refractivity contribution in [3.63, 3.8) is 0 Å². The van der Waals surface area contributed by atoms with Gasteiger partial charge in [-0.25, -0.2) is 4.90 Å². The number of carbonyl (C=O) groups is 2. The van der Waals surface area contributed by atoms with E-state index in [1.165, 1.54) is 4.90 Å². The second-order valence-corrected chi connectivity index (χ2v) is 8.03. The molecule has 4 rings (SSSR count). The van der Waals surface area contributed by atoms with E-state index in [0.717, 1.165) is 30.8 Å². The van der Waals surface area contributed by atoms with Crippen molar-refractivity contribution in [2.75, 3.05) is 51.8 Å². The summed E-state index contributed by atoms with van der Waals surface area (Å²) in [7, 11) is 3.08. The number of methoxy groups -OCH3 is 2. The van der Waals surface area contributed by atoms with E-state index in [1.54, 1.807) is 32.4 Å². The minimum Gasteiger partial charge on any atom is -0.497 e. The molecule has 7 heteroatoms. The fourth-order valence-corrected chi connectivity index (χ4v) is 4.24. The van der Waals surface area contributed by atoms with Crippen LogP contribution in [0.2, 0.25) is 0 Å². The minimum atomic E-state index is -0.331. The molecular formula is C25H29N3O4. The summed E-state index contributed by atoms with van der Waals surface area (Å²) in [6.45, 7) is 8.22. The zero-order chi connectivity index (χ0) is 22.8. The van der Waals surface area contributed by atoms with Crippen molar-refractivity contribution in [1.82, 2.24) is 9.80 Å². The van der Waals surface area contributed by atoms with Gasteiger partial charge in [-0.3, -0.25) is 9.59 Å². The van der Waals surface area contributed by atoms with Crippen LogP contribution in [-0.4, -0.2) is 68.6 Å². The molecule has 1 fully saturated rings. The van der Waals surface area contributed by atoms with Crippen LogP contribution in [0, 0.1) is 6.92 Å². The number of hydrogen-bond donors (Lipinski definition) is 0. The molecule has 7 nitrogen and oxygen atoms in total. The second kappa shape index (κ2) is 9.04. The van der Waals surface area contributed by atoms with E-state index in [2.05, 4.69) is 16.7 Å². The topological polar surface area (TPSA) is 62.3 Å². The highest BCUT2D eigenvalue weighted by Crippen LogP contribution is 2.38. The first-order valence-electron chi connectivity index (χ1n) is 10.9. The summed E-state index contributed by atoms with van der Waals surface area (Å²) in [6.07, 6.45) is 0. The van der Waals surface area contributed by atoms with E-state index in [9.17, 15) is 9.59 Å². The van der Waals surface area contributed by atoms with Crippen molar-refractivity contribution in [3.05, 3.63) is 59.3 Å². The summed E-state index contributed by atoms with van der Waals surface area (Å²) in [5.41, 5.74) is 3.19. The predicted octanol–water partition coefficient (Wildman–Crippen LogP) is 2.93. The molecule has 0 spiro atoms. The number of ether oxygens (including phenoxy) is 2. The average Bonchev–Trinajstić information content (AvgIpc) is 3.09. The lowest BCUT2D eigenvalue weighted by Gasteiger charge is -2.36. The van der Waals surface area contributed by atoms with Crippen LogP contribution in [-0.2, 0) is 9.59 Å². The van der Waals surface area contributed by atoms with Gasteiger partial charge in [-0.15, -0.1) is 0 Å². The van der Waals surface area contributed by atoms with Crippen LogP contribution in [0.4, 0.5) is 5.69 Å². The van der Waals surface area contributed by atoms with Gasteiger partial charge in [0.2, 0.25) is 0 Å². The first-order chi connectivity index (χ1) is 15.5. The van der Waals surface area contributed by atoms with Crippen LogP contribution in [0.3, 0.4) is 0 Å². The minimum absolute atomic E-state index is 0.314. The standard InChI is InChI=1S/C25H29N3O4/c1-5-26-10-12-27(13-11-26)23-22(18-8-6-17(2)7-9-18)24(29)28(25(23)30)19-14-20(31-3)16-21(15-19)32-4/h6-9,14-16H,5,10-13H2,1-4H3. The van der Waals surface area contributed by atoms with Crippen LogP contribution in [0.15, 0.2) is 48.2 Å². The Morgan fingerprint density at radius 3 is 1.97 bits per heavy atom. The maximum atomic E-state index is 13.7. The molecule has 0 saturated carbocycles. The van der Waals surface area contributed by atoms with Gasteiger partial charge < -0.3 is 19.3 Å². The molecule has 0 atom stereocenters. The van der Waals surface area contributed by atoms with Crippen LogP contribution in [0.5, 0.6) is 11.5 Å². The van der Waals surface area contributed by atoms with Crippen LogP contribution >= 0.6 is 0 Å². The number of carbonyl (C=O) groups excluding carboxylic acids is 2. The predicted molar refractivity (Wildman–Crippen MR) is 124 cm³/mol. The van der Waals surface area contributed by atoms with Crippen molar-refractivity contribution in [1.29, 1.82) is 0 Å². The molecule has 1 saturated heterocycles. The number of nitrogens with zero attached hydrogens (tertiary/aromatic N) is 3. The number of benzene rings is 2. The lowest BCUT2D eigenvalue weighted by atomic mass is 10.0. The molecule has 0 aliphatic carbocycles. The second-order valence-electron chi connectivity index (χ2n) is 8.03. The third-order valence-electron chi connectivity index (χ3n) is 6.13. The Kier molecular flexibility index (Phi) is 6.19. The highest BCUT2D eigenvalue weighted by molar-refractivity contribution is 6.45. The van der Waals surface area contributed by atoms with Gasteiger partial charge in [0, 0.05) is 44.4 Å². The molecule has 0 bridgehead atoms. The average molecular weight is 436 g/mol. The van der Waals surface area contributed by atoms with Gasteiger partial charge >= 0.3 is 0 Å². The Balaban J connectivity index is 1.79. The number of likely N-dealkylation sites (N-methyl/N-ethyl adjacent to an activating group) is 1. The van der Waals surface area contributed by atoms with Crippen molar-refractivity contribution in [3.8, 4) is 11.5 Å². The molecule has 2 aromatic rings. The normalized spacial score (nSPS) is 17.4. The monoisotopic (exact) mass is 435 g/mol. The number of rotatable bonds is 6. The smallest absolute Gasteiger partial charge is 0.282 e. The Hall–Kier alpha value is -3.32. The quantitative estimate of drug-likeness (QED) is 0.651. The molecule has 2 aromatic carbocycles. The Morgan fingerprint density at radius 1 is 0.844 bits per heavy atom. The van der Waals surface area contributed by atoms with Crippen LogP contribution in [0.1, 0.15) is 18.1 Å². The maximum Gasteiger partial charge on any atom is 0.282 e. The van der Waals surface area contributed by atoms with E-state index in [0.29, 0.717) is 41.5 Å². The third kappa shape index (κ3) is 3.96. The summed E-state index contributed by atoms with van der Waals surface area (Å²) < 4.78 is 10.7. The summed E-state index contributed by atoms with van der Waals surface area (Å²) >= 11 is 0. The largest absolute Gasteiger partial charge is 0.497 e. The van der Waals surface area contributed by atoms with Crippen molar-refractivity contribution < 1.29 is 19.1 Å². The molecule has 2 aliphatic heterocycles. The van der Waals surface area contributed by atoms with Crippen LogP contribution in [0.25, 0.3) is 5.57 Å². The number of aryl methyl sites for hydroxylation is 1. The van der Waals surface area contributed by atoms with Crippen molar-refractivity contribution >= 4 is 23.1 Å². The zero-order valence-electron chi connectivity index (χ0n) is 19.1. The van der Waals surface area contributed by atoms with Gasteiger partial charge in [-0.2, -0.15) is 0 Å². The summed E-state index contributed by atoms with van der Waals surface area (Å²) in [5, 5.41) is 0. The molecule has 2 amide bonds. The van der Waals surface area contributed by atoms with E-state index in [-0.39, 0.29) is 11.8 Å². The SMILES string of the molecule is CCN1CCN(C2=C(c3ccc(C)cc3)C(=O)N(c3cc(OC)cc(OC)c3)C2=O)CC1. The van der Waals surface area contributed by atoms with E-state index in [4.69, 9.17) is 9.47 Å². The lowest BCUT2D eigenvalue weighted by molar-refractivity contribution is -0.120. The molecule has 2 heterocycles. The number of anilines is 1. The van der Waals surface area contributed by atoms with E-state index < -0.39 is 0 Å². The summed E-state index contributed by atoms with van der Waals surface area (Å²) in [4.78, 5) is 33.1. The van der Waals surface area contributed by atoms with E-state index >= 15 is 0 Å². The highest BCUT2D eigenvalue weighted by Gasteiger charge is 2.43.